The zero-order valence-corrected chi connectivity index (χ0v) is 13.1. The number of nitrogens with zero attached hydrogens (tertiary/aromatic N) is 5. The minimum atomic E-state index is -4.57. The van der Waals surface area contributed by atoms with E-state index in [2.05, 4.69) is 9.97 Å². The molecule has 2 aromatic rings. The van der Waals surface area contributed by atoms with Gasteiger partial charge in [-0.3, -0.25) is 14.9 Å². The summed E-state index contributed by atoms with van der Waals surface area (Å²) in [4.78, 5) is 32.4. The number of anilines is 1. The maximum absolute atomic E-state index is 12.7. The van der Waals surface area contributed by atoms with Crippen molar-refractivity contribution in [2.24, 2.45) is 0 Å². The fourth-order valence-electron chi connectivity index (χ4n) is 2.46. The lowest BCUT2D eigenvalue weighted by Gasteiger charge is -2.34. The minimum Gasteiger partial charge on any atom is -0.395 e. The lowest BCUT2D eigenvalue weighted by atomic mass is 10.3. The Morgan fingerprint density at radius 2 is 1.88 bits per heavy atom. The second-order valence-corrected chi connectivity index (χ2v) is 5.41. The second kappa shape index (κ2) is 6.61. The molecule has 0 radical (unpaired) electrons. The third-order valence-corrected chi connectivity index (χ3v) is 3.77. The molecule has 0 aromatic carbocycles. The molecule has 0 saturated carbocycles. The number of aromatic nitrogens is 2. The van der Waals surface area contributed by atoms with Gasteiger partial charge in [-0.2, -0.15) is 13.2 Å². The van der Waals surface area contributed by atoms with E-state index < -0.39 is 28.6 Å². The van der Waals surface area contributed by atoms with E-state index in [0.717, 1.165) is 18.3 Å². The van der Waals surface area contributed by atoms with Gasteiger partial charge in [0, 0.05) is 32.4 Å². The van der Waals surface area contributed by atoms with Gasteiger partial charge in [0.1, 0.15) is 10.6 Å². The molecule has 0 bridgehead atoms. The van der Waals surface area contributed by atoms with E-state index in [0.29, 0.717) is 0 Å². The van der Waals surface area contributed by atoms with Crippen molar-refractivity contribution in [3.63, 3.8) is 0 Å². The molecule has 2 aromatic heterocycles. The molecular weight excluding hydrogens is 359 g/mol. The third kappa shape index (κ3) is 3.58. The summed E-state index contributed by atoms with van der Waals surface area (Å²) in [5.74, 6) is -1.30. The van der Waals surface area contributed by atoms with Crippen LogP contribution in [0.25, 0.3) is 0 Å². The van der Waals surface area contributed by atoms with E-state index in [1.807, 2.05) is 0 Å². The molecule has 138 valence electrons. The molecule has 0 unspecified atom stereocenters. The number of nitro groups is 1. The molecule has 1 fully saturated rings. The van der Waals surface area contributed by atoms with E-state index in [1.54, 1.807) is 0 Å². The molecule has 9 nitrogen and oxygen atoms in total. The Balaban J connectivity index is 1.65. The molecule has 0 aliphatic carbocycles. The van der Waals surface area contributed by atoms with Crippen LogP contribution >= 0.6 is 0 Å². The molecule has 1 aliphatic heterocycles. The number of carbonyl (C=O) groups is 1. The Bertz CT molecular complexity index is 830. The molecule has 26 heavy (non-hydrogen) atoms. The number of carbonyl (C=O) groups excluding carboxylic acids is 1. The lowest BCUT2D eigenvalue weighted by molar-refractivity contribution is -0.402. The first-order valence-corrected chi connectivity index (χ1v) is 7.44. The summed E-state index contributed by atoms with van der Waals surface area (Å²) >= 11 is 0. The van der Waals surface area contributed by atoms with Crippen LogP contribution in [0.2, 0.25) is 0 Å². The van der Waals surface area contributed by atoms with Crippen molar-refractivity contribution in [1.82, 2.24) is 14.9 Å². The van der Waals surface area contributed by atoms with E-state index in [4.69, 9.17) is 4.42 Å². The van der Waals surface area contributed by atoms with E-state index in [9.17, 15) is 28.1 Å². The van der Waals surface area contributed by atoms with Crippen molar-refractivity contribution < 1.29 is 27.3 Å². The van der Waals surface area contributed by atoms with Gasteiger partial charge in [0.15, 0.2) is 5.76 Å². The van der Waals surface area contributed by atoms with Gasteiger partial charge < -0.3 is 14.2 Å². The van der Waals surface area contributed by atoms with Crippen molar-refractivity contribution in [3.05, 3.63) is 46.0 Å². The molecular formula is C14H12F3N5O4. The van der Waals surface area contributed by atoms with Gasteiger partial charge in [0.05, 0.1) is 6.07 Å². The first-order chi connectivity index (χ1) is 12.3. The number of furan rings is 1. The SMILES string of the molecule is O=C(c1ccc([N+](=O)[O-])o1)N1CCN(c2nccc(C(F)(F)F)n2)CC1. The monoisotopic (exact) mass is 371 g/mol. The summed E-state index contributed by atoms with van der Waals surface area (Å²) < 4.78 is 43.1. The first kappa shape index (κ1) is 17.6. The predicted molar refractivity (Wildman–Crippen MR) is 80.5 cm³/mol. The Kier molecular flexibility index (Phi) is 4.49. The highest BCUT2D eigenvalue weighted by Crippen LogP contribution is 2.28. The smallest absolute Gasteiger partial charge is 0.395 e. The van der Waals surface area contributed by atoms with Crippen LogP contribution < -0.4 is 4.90 Å². The molecule has 0 N–H and O–H groups in total. The van der Waals surface area contributed by atoms with E-state index in [1.165, 1.54) is 15.9 Å². The number of amides is 1. The minimum absolute atomic E-state index is 0.0689. The van der Waals surface area contributed by atoms with Crippen LogP contribution in [0.4, 0.5) is 25.0 Å². The number of piperazine rings is 1. The van der Waals surface area contributed by atoms with Gasteiger partial charge >= 0.3 is 12.1 Å². The molecule has 0 spiro atoms. The zero-order valence-electron chi connectivity index (χ0n) is 13.1. The molecule has 3 heterocycles. The van der Waals surface area contributed by atoms with E-state index in [-0.39, 0.29) is 37.9 Å². The van der Waals surface area contributed by atoms with Gasteiger partial charge in [0.2, 0.25) is 5.95 Å². The van der Waals surface area contributed by atoms with Crippen LogP contribution in [0.5, 0.6) is 0 Å². The van der Waals surface area contributed by atoms with Crippen molar-refractivity contribution in [2.45, 2.75) is 6.18 Å². The Hall–Kier alpha value is -3.18. The molecule has 1 saturated heterocycles. The summed E-state index contributed by atoms with van der Waals surface area (Å²) in [6.45, 7) is 0.811. The highest BCUT2D eigenvalue weighted by atomic mass is 19.4. The van der Waals surface area contributed by atoms with Crippen LogP contribution in [-0.2, 0) is 6.18 Å². The van der Waals surface area contributed by atoms with Crippen LogP contribution in [0.3, 0.4) is 0 Å². The molecule has 1 amide bonds. The van der Waals surface area contributed by atoms with Crippen LogP contribution in [0, 0.1) is 10.1 Å². The van der Waals surface area contributed by atoms with Gasteiger partial charge in [-0.25, -0.2) is 9.97 Å². The number of rotatable bonds is 3. The standard InChI is InChI=1S/C14H12F3N5O4/c15-14(16,17)10-3-4-18-13(19-10)21-7-5-20(6-8-21)12(23)9-1-2-11(26-9)22(24)25/h1-4H,5-8H2. The normalized spacial score (nSPS) is 15.2. The van der Waals surface area contributed by atoms with E-state index >= 15 is 0 Å². The lowest BCUT2D eigenvalue weighted by Crippen LogP contribution is -2.49. The Labute approximate surface area is 144 Å². The predicted octanol–water partition coefficient (Wildman–Crippen LogP) is 1.96. The number of hydrogen-bond acceptors (Lipinski definition) is 7. The zero-order chi connectivity index (χ0) is 18.9. The third-order valence-electron chi connectivity index (χ3n) is 3.77. The highest BCUT2D eigenvalue weighted by molar-refractivity contribution is 5.91. The molecule has 0 atom stereocenters. The van der Waals surface area contributed by atoms with Crippen molar-refractivity contribution >= 4 is 17.7 Å². The van der Waals surface area contributed by atoms with Gasteiger partial charge in [0.25, 0.3) is 5.91 Å². The van der Waals surface area contributed by atoms with Gasteiger partial charge in [-0.1, -0.05) is 0 Å². The summed E-state index contributed by atoms with van der Waals surface area (Å²) in [6.07, 6.45) is -3.53. The number of hydrogen-bond donors (Lipinski definition) is 0. The number of alkyl halides is 3. The van der Waals surface area contributed by atoms with Crippen LogP contribution in [-0.4, -0.2) is 51.9 Å². The maximum atomic E-state index is 12.7. The molecule has 12 heteroatoms. The molecule has 3 rings (SSSR count). The average molecular weight is 371 g/mol. The topological polar surface area (TPSA) is 106 Å². The van der Waals surface area contributed by atoms with Crippen molar-refractivity contribution in [2.75, 3.05) is 31.1 Å². The first-order valence-electron chi connectivity index (χ1n) is 7.44. The largest absolute Gasteiger partial charge is 0.433 e. The summed E-state index contributed by atoms with van der Waals surface area (Å²) in [6, 6.07) is 3.08. The second-order valence-electron chi connectivity index (χ2n) is 5.41. The highest BCUT2D eigenvalue weighted by Gasteiger charge is 2.34. The van der Waals surface area contributed by atoms with Crippen molar-refractivity contribution in [3.8, 4) is 0 Å². The fraction of sp³-hybridized carbons (Fsp3) is 0.357. The average Bonchev–Trinajstić information content (AvgIpc) is 3.11. The van der Waals surface area contributed by atoms with Crippen molar-refractivity contribution in [1.29, 1.82) is 0 Å². The van der Waals surface area contributed by atoms with Gasteiger partial charge in [-0.15, -0.1) is 0 Å². The summed E-state index contributed by atoms with van der Waals surface area (Å²) in [7, 11) is 0. The van der Waals surface area contributed by atoms with Crippen LogP contribution in [0.1, 0.15) is 16.2 Å². The maximum Gasteiger partial charge on any atom is 0.433 e. The number of halogens is 3. The Morgan fingerprint density at radius 3 is 2.46 bits per heavy atom. The summed E-state index contributed by atoms with van der Waals surface area (Å²) in [5, 5.41) is 10.6. The molecule has 1 aliphatic rings. The quantitative estimate of drug-likeness (QED) is 0.600. The fourth-order valence-corrected chi connectivity index (χ4v) is 2.46. The van der Waals surface area contributed by atoms with Gasteiger partial charge in [-0.05, 0) is 12.1 Å². The Morgan fingerprint density at radius 1 is 1.19 bits per heavy atom. The summed E-state index contributed by atoms with van der Waals surface area (Å²) in [5.41, 5.74) is -1.04. The van der Waals surface area contributed by atoms with Crippen LogP contribution in [0.15, 0.2) is 28.8 Å².